The number of nitrogens with two attached hydrogens (primary N) is 1. The van der Waals surface area contributed by atoms with Crippen molar-refractivity contribution in [2.75, 3.05) is 12.8 Å². The summed E-state index contributed by atoms with van der Waals surface area (Å²) in [6, 6.07) is 8.16. The van der Waals surface area contributed by atoms with Crippen molar-refractivity contribution in [3.63, 3.8) is 0 Å². The van der Waals surface area contributed by atoms with Crippen LogP contribution in [0.25, 0.3) is 0 Å². The maximum atomic E-state index is 12.3. The van der Waals surface area contributed by atoms with Crippen LogP contribution in [-0.4, -0.2) is 22.8 Å². The SMILES string of the molecule is CN(Cc1cccs1)C(=O)c1cccc(N)c1[N+](=O)[O-]. The third kappa shape index (κ3) is 2.77. The molecule has 1 amide bonds. The molecular formula is C13H13N3O3S. The highest BCUT2D eigenvalue weighted by molar-refractivity contribution is 7.09. The number of hydrogen-bond donors (Lipinski definition) is 1. The Morgan fingerprint density at radius 1 is 1.40 bits per heavy atom. The van der Waals surface area contributed by atoms with Crippen LogP contribution >= 0.6 is 11.3 Å². The Labute approximate surface area is 119 Å². The van der Waals surface area contributed by atoms with Crippen LogP contribution in [0.4, 0.5) is 11.4 Å². The summed E-state index contributed by atoms with van der Waals surface area (Å²) in [5.74, 6) is -0.419. The Balaban J connectivity index is 2.29. The lowest BCUT2D eigenvalue weighted by atomic mass is 10.1. The molecule has 0 saturated carbocycles. The number of carbonyl (C=O) groups excluding carboxylic acids is 1. The summed E-state index contributed by atoms with van der Waals surface area (Å²) in [5.41, 5.74) is 5.25. The molecule has 0 aliphatic heterocycles. The van der Waals surface area contributed by atoms with Crippen molar-refractivity contribution in [1.82, 2.24) is 4.90 Å². The molecule has 104 valence electrons. The van der Waals surface area contributed by atoms with E-state index in [0.717, 1.165) is 4.88 Å². The monoisotopic (exact) mass is 291 g/mol. The third-order valence-electron chi connectivity index (χ3n) is 2.80. The first-order valence-electron chi connectivity index (χ1n) is 5.81. The van der Waals surface area contributed by atoms with Gasteiger partial charge in [0.15, 0.2) is 0 Å². The van der Waals surface area contributed by atoms with Crippen LogP contribution < -0.4 is 5.73 Å². The summed E-state index contributed by atoms with van der Waals surface area (Å²) in [6.07, 6.45) is 0. The van der Waals surface area contributed by atoms with Crippen LogP contribution in [0.15, 0.2) is 35.7 Å². The molecular weight excluding hydrogens is 278 g/mol. The quantitative estimate of drug-likeness (QED) is 0.532. The fraction of sp³-hybridized carbons (Fsp3) is 0.154. The minimum Gasteiger partial charge on any atom is -0.393 e. The highest BCUT2D eigenvalue weighted by Crippen LogP contribution is 2.27. The van der Waals surface area contributed by atoms with Crippen LogP contribution in [0.1, 0.15) is 15.2 Å². The highest BCUT2D eigenvalue weighted by Gasteiger charge is 2.25. The van der Waals surface area contributed by atoms with Crippen molar-refractivity contribution in [1.29, 1.82) is 0 Å². The maximum Gasteiger partial charge on any atom is 0.304 e. The second kappa shape index (κ2) is 5.70. The van der Waals surface area contributed by atoms with Gasteiger partial charge in [-0.3, -0.25) is 14.9 Å². The Kier molecular flexibility index (Phi) is 3.99. The molecule has 7 heteroatoms. The number of nitro groups is 1. The normalized spacial score (nSPS) is 10.2. The van der Waals surface area contributed by atoms with Gasteiger partial charge in [0.25, 0.3) is 5.91 Å². The number of rotatable bonds is 4. The molecule has 6 nitrogen and oxygen atoms in total. The summed E-state index contributed by atoms with van der Waals surface area (Å²) in [4.78, 5) is 25.2. The van der Waals surface area contributed by atoms with E-state index in [2.05, 4.69) is 0 Å². The predicted molar refractivity (Wildman–Crippen MR) is 77.6 cm³/mol. The fourth-order valence-corrected chi connectivity index (χ4v) is 2.61. The molecule has 0 unspecified atom stereocenters. The molecule has 1 heterocycles. The Morgan fingerprint density at radius 3 is 2.75 bits per heavy atom. The van der Waals surface area contributed by atoms with Gasteiger partial charge in [0, 0.05) is 11.9 Å². The lowest BCUT2D eigenvalue weighted by Crippen LogP contribution is -2.26. The van der Waals surface area contributed by atoms with Crippen LogP contribution in [0.5, 0.6) is 0 Å². The lowest BCUT2D eigenvalue weighted by molar-refractivity contribution is -0.384. The first-order valence-corrected chi connectivity index (χ1v) is 6.69. The number of carbonyl (C=O) groups is 1. The van der Waals surface area contributed by atoms with E-state index in [1.807, 2.05) is 17.5 Å². The van der Waals surface area contributed by atoms with E-state index in [4.69, 9.17) is 5.73 Å². The number of benzene rings is 1. The lowest BCUT2D eigenvalue weighted by Gasteiger charge is -2.16. The van der Waals surface area contributed by atoms with Crippen molar-refractivity contribution in [3.05, 3.63) is 56.3 Å². The van der Waals surface area contributed by atoms with Gasteiger partial charge in [-0.05, 0) is 23.6 Å². The largest absolute Gasteiger partial charge is 0.393 e. The Bertz CT molecular complexity index is 640. The van der Waals surface area contributed by atoms with Crippen molar-refractivity contribution in [3.8, 4) is 0 Å². The molecule has 1 aromatic carbocycles. The molecule has 0 bridgehead atoms. The van der Waals surface area contributed by atoms with E-state index < -0.39 is 10.8 Å². The Morgan fingerprint density at radius 2 is 2.15 bits per heavy atom. The maximum absolute atomic E-state index is 12.3. The summed E-state index contributed by atoms with van der Waals surface area (Å²) in [6.45, 7) is 0.405. The van der Waals surface area contributed by atoms with Gasteiger partial charge in [0.2, 0.25) is 0 Å². The van der Waals surface area contributed by atoms with E-state index in [1.54, 1.807) is 7.05 Å². The van der Waals surface area contributed by atoms with Gasteiger partial charge in [-0.1, -0.05) is 12.1 Å². The van der Waals surface area contributed by atoms with E-state index >= 15 is 0 Å². The number of thiophene rings is 1. The van der Waals surface area contributed by atoms with Gasteiger partial charge < -0.3 is 10.6 Å². The van der Waals surface area contributed by atoms with Gasteiger partial charge in [-0.2, -0.15) is 0 Å². The van der Waals surface area contributed by atoms with Crippen molar-refractivity contribution in [2.24, 2.45) is 0 Å². The second-order valence-electron chi connectivity index (χ2n) is 4.24. The molecule has 0 radical (unpaired) electrons. The smallest absolute Gasteiger partial charge is 0.304 e. The minimum atomic E-state index is -0.623. The van der Waals surface area contributed by atoms with E-state index in [1.165, 1.54) is 34.4 Å². The first kappa shape index (κ1) is 14.0. The molecule has 20 heavy (non-hydrogen) atoms. The zero-order chi connectivity index (χ0) is 14.7. The summed E-state index contributed by atoms with van der Waals surface area (Å²) in [5, 5.41) is 13.0. The van der Waals surface area contributed by atoms with Gasteiger partial charge in [-0.25, -0.2) is 0 Å². The minimum absolute atomic E-state index is 0.00839. The molecule has 2 rings (SSSR count). The number of anilines is 1. The second-order valence-corrected chi connectivity index (χ2v) is 5.27. The molecule has 0 atom stereocenters. The number of para-hydroxylation sites is 1. The van der Waals surface area contributed by atoms with Gasteiger partial charge in [0.05, 0.1) is 11.5 Å². The number of nitro benzene ring substituents is 1. The summed E-state index contributed by atoms with van der Waals surface area (Å²) >= 11 is 1.53. The standard InChI is InChI=1S/C13H13N3O3S/c1-15(8-9-4-3-7-20-9)13(17)10-5-2-6-11(14)12(10)16(18)19/h2-7H,8,14H2,1H3. The third-order valence-corrected chi connectivity index (χ3v) is 3.66. The zero-order valence-electron chi connectivity index (χ0n) is 10.8. The van der Waals surface area contributed by atoms with Gasteiger partial charge in [-0.15, -0.1) is 11.3 Å². The van der Waals surface area contributed by atoms with Crippen LogP contribution in [0.3, 0.4) is 0 Å². The average Bonchev–Trinajstić information content (AvgIpc) is 2.89. The molecule has 2 aromatic rings. The van der Waals surface area contributed by atoms with Gasteiger partial charge >= 0.3 is 5.69 Å². The molecule has 0 spiro atoms. The molecule has 1 aromatic heterocycles. The van der Waals surface area contributed by atoms with E-state index in [-0.39, 0.29) is 16.9 Å². The van der Waals surface area contributed by atoms with Crippen molar-refractivity contribution in [2.45, 2.75) is 6.54 Å². The highest BCUT2D eigenvalue weighted by atomic mass is 32.1. The van der Waals surface area contributed by atoms with Gasteiger partial charge in [0.1, 0.15) is 11.3 Å². The predicted octanol–water partition coefficient (Wildman–Crippen LogP) is 2.51. The van der Waals surface area contributed by atoms with Crippen LogP contribution in [0.2, 0.25) is 0 Å². The topological polar surface area (TPSA) is 89.5 Å². The number of nitrogens with zero attached hydrogens (tertiary/aromatic N) is 2. The van der Waals surface area contributed by atoms with Crippen LogP contribution in [-0.2, 0) is 6.54 Å². The first-order chi connectivity index (χ1) is 9.50. The average molecular weight is 291 g/mol. The van der Waals surface area contributed by atoms with Crippen LogP contribution in [0, 0.1) is 10.1 Å². The number of hydrogen-bond acceptors (Lipinski definition) is 5. The molecule has 2 N–H and O–H groups in total. The van der Waals surface area contributed by atoms with E-state index in [9.17, 15) is 14.9 Å². The van der Waals surface area contributed by atoms with Crippen molar-refractivity contribution >= 4 is 28.6 Å². The molecule has 0 aliphatic rings. The van der Waals surface area contributed by atoms with Crippen molar-refractivity contribution < 1.29 is 9.72 Å². The fourth-order valence-electron chi connectivity index (χ4n) is 1.85. The molecule has 0 fully saturated rings. The summed E-state index contributed by atoms with van der Waals surface area (Å²) < 4.78 is 0. The molecule has 0 saturated heterocycles. The number of amides is 1. The number of nitrogen functional groups attached to an aromatic ring is 1. The molecule has 0 aliphatic carbocycles. The Hall–Kier alpha value is -2.41. The van der Waals surface area contributed by atoms with E-state index in [0.29, 0.717) is 6.54 Å². The summed E-state index contributed by atoms with van der Waals surface area (Å²) in [7, 11) is 1.61. The zero-order valence-corrected chi connectivity index (χ0v) is 11.6.